The van der Waals surface area contributed by atoms with Crippen molar-refractivity contribution in [3.8, 4) is 0 Å². The lowest BCUT2D eigenvalue weighted by Crippen LogP contribution is -2.39. The molecule has 1 N–H and O–H groups in total. The lowest BCUT2D eigenvalue weighted by molar-refractivity contribution is 0.192. The van der Waals surface area contributed by atoms with Gasteiger partial charge in [0.2, 0.25) is 0 Å². The van der Waals surface area contributed by atoms with Crippen LogP contribution in [0.2, 0.25) is 0 Å². The van der Waals surface area contributed by atoms with Gasteiger partial charge in [0.05, 0.1) is 6.04 Å². The van der Waals surface area contributed by atoms with Crippen LogP contribution >= 0.6 is 0 Å². The van der Waals surface area contributed by atoms with E-state index < -0.39 is 0 Å². The minimum Gasteiger partial charge on any atom is -0.321 e. The zero-order valence-corrected chi connectivity index (χ0v) is 11.2. The number of hydrogen-bond donors (Lipinski definition) is 1. The number of likely N-dealkylation sites (N-methyl/N-ethyl adjacent to an activating group) is 1. The van der Waals surface area contributed by atoms with E-state index in [0.717, 1.165) is 25.2 Å². The minimum atomic E-state index is 0.127. The second kappa shape index (κ2) is 5.17. The van der Waals surface area contributed by atoms with Crippen molar-refractivity contribution in [2.24, 2.45) is 0 Å². The van der Waals surface area contributed by atoms with Gasteiger partial charge in [0.25, 0.3) is 0 Å². The summed E-state index contributed by atoms with van der Waals surface area (Å²) in [7, 11) is 1.88. The standard InChI is InChI=1S/C14H20N4O/c1-17-13(11-4-2-6-15-8-11)10-18(14(17)19)9-12-5-3-7-16-12/h2,4,6,8,12-13,16H,3,5,7,9-10H2,1H3. The molecule has 2 aliphatic heterocycles. The van der Waals surface area contributed by atoms with Crippen LogP contribution in [0.1, 0.15) is 24.4 Å². The molecule has 0 radical (unpaired) electrons. The summed E-state index contributed by atoms with van der Waals surface area (Å²) in [6.45, 7) is 2.66. The van der Waals surface area contributed by atoms with Gasteiger partial charge in [-0.2, -0.15) is 0 Å². The maximum absolute atomic E-state index is 12.3. The highest BCUT2D eigenvalue weighted by molar-refractivity contribution is 5.77. The third-order valence-electron chi connectivity index (χ3n) is 4.11. The number of pyridine rings is 1. The molecule has 2 aliphatic rings. The lowest BCUT2D eigenvalue weighted by Gasteiger charge is -2.19. The van der Waals surface area contributed by atoms with Crippen LogP contribution in [0.5, 0.6) is 0 Å². The molecule has 3 rings (SSSR count). The highest BCUT2D eigenvalue weighted by Gasteiger charge is 2.36. The van der Waals surface area contributed by atoms with E-state index in [9.17, 15) is 4.79 Å². The lowest BCUT2D eigenvalue weighted by atomic mass is 10.1. The fraction of sp³-hybridized carbons (Fsp3) is 0.571. The Bertz CT molecular complexity index is 444. The first-order valence-corrected chi connectivity index (χ1v) is 6.91. The van der Waals surface area contributed by atoms with Crippen molar-refractivity contribution in [2.75, 3.05) is 26.7 Å². The average Bonchev–Trinajstić information content (AvgIpc) is 3.04. The van der Waals surface area contributed by atoms with Gasteiger partial charge in [0, 0.05) is 38.6 Å². The van der Waals surface area contributed by atoms with Crippen molar-refractivity contribution >= 4 is 6.03 Å². The Balaban J connectivity index is 1.70. The molecular formula is C14H20N4O. The number of amides is 2. The summed E-state index contributed by atoms with van der Waals surface area (Å²) < 4.78 is 0. The van der Waals surface area contributed by atoms with Crippen molar-refractivity contribution < 1.29 is 4.79 Å². The van der Waals surface area contributed by atoms with Gasteiger partial charge in [-0.1, -0.05) is 6.07 Å². The molecule has 5 nitrogen and oxygen atoms in total. The van der Waals surface area contributed by atoms with Gasteiger partial charge in [-0.05, 0) is 31.0 Å². The largest absolute Gasteiger partial charge is 0.321 e. The van der Waals surface area contributed by atoms with Crippen molar-refractivity contribution in [3.63, 3.8) is 0 Å². The zero-order chi connectivity index (χ0) is 13.2. The molecule has 2 unspecified atom stereocenters. The summed E-state index contributed by atoms with van der Waals surface area (Å²) in [4.78, 5) is 20.2. The maximum Gasteiger partial charge on any atom is 0.320 e. The van der Waals surface area contributed by atoms with E-state index in [1.54, 1.807) is 6.20 Å². The molecule has 5 heteroatoms. The van der Waals surface area contributed by atoms with Gasteiger partial charge in [-0.25, -0.2) is 4.79 Å². The molecular weight excluding hydrogens is 240 g/mol. The number of nitrogens with one attached hydrogen (secondary N) is 1. The van der Waals surface area contributed by atoms with Gasteiger partial charge < -0.3 is 15.1 Å². The first kappa shape index (κ1) is 12.4. The van der Waals surface area contributed by atoms with Crippen LogP contribution in [0.3, 0.4) is 0 Å². The van der Waals surface area contributed by atoms with Gasteiger partial charge in [-0.3, -0.25) is 4.98 Å². The van der Waals surface area contributed by atoms with Crippen LogP contribution in [0.25, 0.3) is 0 Å². The number of carbonyl (C=O) groups is 1. The van der Waals surface area contributed by atoms with E-state index in [4.69, 9.17) is 0 Å². The predicted octanol–water partition coefficient (Wildman–Crippen LogP) is 1.24. The number of aromatic nitrogens is 1. The van der Waals surface area contributed by atoms with Crippen molar-refractivity contribution in [1.82, 2.24) is 20.1 Å². The average molecular weight is 260 g/mol. The molecule has 1 aromatic heterocycles. The monoisotopic (exact) mass is 260 g/mol. The zero-order valence-electron chi connectivity index (χ0n) is 11.2. The number of hydrogen-bond acceptors (Lipinski definition) is 3. The molecule has 0 aromatic carbocycles. The second-order valence-electron chi connectivity index (χ2n) is 5.39. The Morgan fingerprint density at radius 2 is 2.42 bits per heavy atom. The third kappa shape index (κ3) is 2.42. The molecule has 19 heavy (non-hydrogen) atoms. The van der Waals surface area contributed by atoms with Gasteiger partial charge in [0.15, 0.2) is 0 Å². The maximum atomic E-state index is 12.3. The molecule has 0 bridgehead atoms. The van der Waals surface area contributed by atoms with E-state index in [2.05, 4.69) is 10.3 Å². The Kier molecular flexibility index (Phi) is 3.38. The quantitative estimate of drug-likeness (QED) is 0.889. The SMILES string of the molecule is CN1C(=O)N(CC2CCCN2)CC1c1cccnc1. The van der Waals surface area contributed by atoms with Crippen LogP contribution in [0.15, 0.2) is 24.5 Å². The fourth-order valence-corrected chi connectivity index (χ4v) is 3.00. The first-order valence-electron chi connectivity index (χ1n) is 6.91. The third-order valence-corrected chi connectivity index (χ3v) is 4.11. The van der Waals surface area contributed by atoms with E-state index in [-0.39, 0.29) is 12.1 Å². The summed E-state index contributed by atoms with van der Waals surface area (Å²) >= 11 is 0. The number of carbonyl (C=O) groups excluding carboxylic acids is 1. The molecule has 2 saturated heterocycles. The van der Waals surface area contributed by atoms with Gasteiger partial charge >= 0.3 is 6.03 Å². The molecule has 0 saturated carbocycles. The van der Waals surface area contributed by atoms with E-state index >= 15 is 0 Å². The van der Waals surface area contributed by atoms with E-state index in [1.165, 1.54) is 12.8 Å². The van der Waals surface area contributed by atoms with Crippen LogP contribution in [0, 0.1) is 0 Å². The molecule has 0 spiro atoms. The Hall–Kier alpha value is -1.62. The Morgan fingerprint density at radius 3 is 3.11 bits per heavy atom. The second-order valence-corrected chi connectivity index (χ2v) is 5.39. The summed E-state index contributed by atoms with van der Waals surface area (Å²) in [6, 6.07) is 4.68. The van der Waals surface area contributed by atoms with Crippen LogP contribution in [-0.4, -0.2) is 53.5 Å². The molecule has 1 aromatic rings. The first-order chi connectivity index (χ1) is 9.25. The summed E-state index contributed by atoms with van der Waals surface area (Å²) in [6.07, 6.45) is 6.01. The normalized spacial score (nSPS) is 27.3. The molecule has 2 amide bonds. The van der Waals surface area contributed by atoms with Crippen molar-refractivity contribution in [3.05, 3.63) is 30.1 Å². The molecule has 2 fully saturated rings. The predicted molar refractivity (Wildman–Crippen MR) is 72.7 cm³/mol. The number of nitrogens with zero attached hydrogens (tertiary/aromatic N) is 3. The highest BCUT2D eigenvalue weighted by Crippen LogP contribution is 2.27. The van der Waals surface area contributed by atoms with E-state index in [1.807, 2.05) is 35.2 Å². The summed E-state index contributed by atoms with van der Waals surface area (Å²) in [5.74, 6) is 0. The number of urea groups is 1. The van der Waals surface area contributed by atoms with Crippen LogP contribution < -0.4 is 5.32 Å². The minimum absolute atomic E-state index is 0.127. The Labute approximate surface area is 113 Å². The highest BCUT2D eigenvalue weighted by atomic mass is 16.2. The number of rotatable bonds is 3. The van der Waals surface area contributed by atoms with Crippen LogP contribution in [0.4, 0.5) is 4.79 Å². The van der Waals surface area contributed by atoms with Crippen molar-refractivity contribution in [2.45, 2.75) is 24.9 Å². The summed E-state index contributed by atoms with van der Waals surface area (Å²) in [5.41, 5.74) is 1.11. The van der Waals surface area contributed by atoms with Crippen LogP contribution in [-0.2, 0) is 0 Å². The molecule has 3 heterocycles. The molecule has 2 atom stereocenters. The smallest absolute Gasteiger partial charge is 0.320 e. The molecule has 102 valence electrons. The van der Waals surface area contributed by atoms with Gasteiger partial charge in [-0.15, -0.1) is 0 Å². The van der Waals surface area contributed by atoms with Crippen molar-refractivity contribution in [1.29, 1.82) is 0 Å². The topological polar surface area (TPSA) is 48.5 Å². The fourth-order valence-electron chi connectivity index (χ4n) is 3.00. The van der Waals surface area contributed by atoms with E-state index in [0.29, 0.717) is 6.04 Å². The van der Waals surface area contributed by atoms with Gasteiger partial charge in [0.1, 0.15) is 0 Å². The summed E-state index contributed by atoms with van der Waals surface area (Å²) in [5, 5.41) is 3.45. The molecule has 0 aliphatic carbocycles. The Morgan fingerprint density at radius 1 is 1.53 bits per heavy atom.